The van der Waals surface area contributed by atoms with Gasteiger partial charge in [0, 0.05) is 18.0 Å². The first-order valence-corrected chi connectivity index (χ1v) is 7.12. The fourth-order valence-corrected chi connectivity index (χ4v) is 2.98. The Morgan fingerprint density at radius 1 is 0.895 bits per heavy atom. The van der Waals surface area contributed by atoms with E-state index in [1.807, 2.05) is 12.3 Å². The van der Waals surface area contributed by atoms with Crippen LogP contribution in [0.4, 0.5) is 0 Å². The molecule has 0 radical (unpaired) electrons. The molecule has 1 aliphatic rings. The molecule has 3 rings (SSSR count). The van der Waals surface area contributed by atoms with E-state index < -0.39 is 0 Å². The summed E-state index contributed by atoms with van der Waals surface area (Å²) in [6.45, 7) is 0. The Morgan fingerprint density at radius 3 is 2.32 bits per heavy atom. The van der Waals surface area contributed by atoms with Gasteiger partial charge in [0.25, 0.3) is 5.56 Å². The van der Waals surface area contributed by atoms with E-state index in [2.05, 4.69) is 24.3 Å². The molecule has 0 spiro atoms. The Kier molecular flexibility index (Phi) is 3.49. The van der Waals surface area contributed by atoms with Crippen molar-refractivity contribution in [1.82, 2.24) is 4.57 Å². The first-order valence-electron chi connectivity index (χ1n) is 7.12. The molecule has 1 fully saturated rings. The van der Waals surface area contributed by atoms with Crippen molar-refractivity contribution < 1.29 is 0 Å². The van der Waals surface area contributed by atoms with Crippen LogP contribution in [0.2, 0.25) is 0 Å². The fourth-order valence-electron chi connectivity index (χ4n) is 2.98. The molecule has 0 atom stereocenters. The van der Waals surface area contributed by atoms with E-state index in [9.17, 15) is 4.79 Å². The van der Waals surface area contributed by atoms with Crippen molar-refractivity contribution in [3.63, 3.8) is 0 Å². The van der Waals surface area contributed by atoms with Crippen LogP contribution in [0.5, 0.6) is 0 Å². The van der Waals surface area contributed by atoms with Crippen molar-refractivity contribution in [1.29, 1.82) is 0 Å². The maximum Gasteiger partial charge on any atom is 0.255 e. The maximum absolute atomic E-state index is 11.8. The van der Waals surface area contributed by atoms with E-state index in [0.717, 1.165) is 11.6 Å². The Balaban J connectivity index is 1.86. The molecule has 2 aromatic rings. The third-order valence-electron chi connectivity index (χ3n) is 4.07. The number of hydrogen-bond donors (Lipinski definition) is 0. The molecular weight excluding hydrogens is 234 g/mol. The highest BCUT2D eigenvalue weighted by Gasteiger charge is 2.15. The van der Waals surface area contributed by atoms with Crippen molar-refractivity contribution in [2.24, 2.45) is 0 Å². The molecule has 0 amide bonds. The molecule has 0 aliphatic heterocycles. The van der Waals surface area contributed by atoms with E-state index >= 15 is 0 Å². The van der Waals surface area contributed by atoms with Gasteiger partial charge >= 0.3 is 0 Å². The SMILES string of the molecule is O=c1ccccn1-c1ccc(C2CCCCC2)cc1. The Bertz CT molecular complexity index is 591. The Labute approximate surface area is 113 Å². The van der Waals surface area contributed by atoms with Crippen LogP contribution < -0.4 is 5.56 Å². The molecule has 1 aliphatic carbocycles. The van der Waals surface area contributed by atoms with Crippen LogP contribution >= 0.6 is 0 Å². The van der Waals surface area contributed by atoms with Gasteiger partial charge in [-0.2, -0.15) is 0 Å². The minimum atomic E-state index is 0.0212. The predicted molar refractivity (Wildman–Crippen MR) is 77.9 cm³/mol. The van der Waals surface area contributed by atoms with E-state index in [4.69, 9.17) is 0 Å². The van der Waals surface area contributed by atoms with Gasteiger partial charge in [0.15, 0.2) is 0 Å². The van der Waals surface area contributed by atoms with Crippen LogP contribution in [-0.2, 0) is 0 Å². The summed E-state index contributed by atoms with van der Waals surface area (Å²) in [5.74, 6) is 0.718. The van der Waals surface area contributed by atoms with Gasteiger partial charge in [-0.05, 0) is 42.5 Å². The second kappa shape index (κ2) is 5.43. The molecular formula is C17H19NO. The standard InChI is InChI=1S/C17H19NO/c19-17-8-4-5-13-18(17)16-11-9-15(10-12-16)14-6-2-1-3-7-14/h4-5,8-14H,1-3,6-7H2. The summed E-state index contributed by atoms with van der Waals surface area (Å²) in [7, 11) is 0. The zero-order valence-electron chi connectivity index (χ0n) is 11.1. The van der Waals surface area contributed by atoms with Crippen LogP contribution in [0.1, 0.15) is 43.6 Å². The largest absolute Gasteiger partial charge is 0.284 e. The Morgan fingerprint density at radius 2 is 1.63 bits per heavy atom. The number of hydrogen-bond acceptors (Lipinski definition) is 1. The van der Waals surface area contributed by atoms with Gasteiger partial charge in [-0.3, -0.25) is 9.36 Å². The minimum Gasteiger partial charge on any atom is -0.284 e. The smallest absolute Gasteiger partial charge is 0.255 e. The van der Waals surface area contributed by atoms with Crippen LogP contribution in [0.3, 0.4) is 0 Å². The number of pyridine rings is 1. The van der Waals surface area contributed by atoms with Crippen molar-refractivity contribution in [3.8, 4) is 5.69 Å². The molecule has 1 aromatic heterocycles. The van der Waals surface area contributed by atoms with Crippen LogP contribution in [0.15, 0.2) is 53.5 Å². The van der Waals surface area contributed by atoms with Gasteiger partial charge in [0.2, 0.25) is 0 Å². The topological polar surface area (TPSA) is 22.0 Å². The highest BCUT2D eigenvalue weighted by Crippen LogP contribution is 2.32. The van der Waals surface area contributed by atoms with Crippen LogP contribution in [0, 0.1) is 0 Å². The second-order valence-corrected chi connectivity index (χ2v) is 5.34. The molecule has 1 heterocycles. The van der Waals surface area contributed by atoms with E-state index in [1.54, 1.807) is 16.7 Å². The lowest BCUT2D eigenvalue weighted by Gasteiger charge is -2.22. The van der Waals surface area contributed by atoms with Crippen LogP contribution in [0.25, 0.3) is 5.69 Å². The normalized spacial score (nSPS) is 16.4. The molecule has 0 saturated heterocycles. The lowest BCUT2D eigenvalue weighted by molar-refractivity contribution is 0.443. The summed E-state index contributed by atoms with van der Waals surface area (Å²) in [5.41, 5.74) is 2.39. The summed E-state index contributed by atoms with van der Waals surface area (Å²) < 4.78 is 1.69. The zero-order chi connectivity index (χ0) is 13.1. The zero-order valence-corrected chi connectivity index (χ0v) is 11.1. The average Bonchev–Trinajstić information content (AvgIpc) is 2.49. The summed E-state index contributed by atoms with van der Waals surface area (Å²) in [4.78, 5) is 11.8. The van der Waals surface area contributed by atoms with Gasteiger partial charge in [-0.1, -0.05) is 37.5 Å². The second-order valence-electron chi connectivity index (χ2n) is 5.34. The van der Waals surface area contributed by atoms with Gasteiger partial charge < -0.3 is 0 Å². The predicted octanol–water partition coefficient (Wildman–Crippen LogP) is 3.89. The number of benzene rings is 1. The van der Waals surface area contributed by atoms with Crippen molar-refractivity contribution in [2.45, 2.75) is 38.0 Å². The lowest BCUT2D eigenvalue weighted by Crippen LogP contribution is -2.15. The van der Waals surface area contributed by atoms with Gasteiger partial charge in [-0.15, -0.1) is 0 Å². The first kappa shape index (κ1) is 12.2. The summed E-state index contributed by atoms with van der Waals surface area (Å²) in [6, 6.07) is 13.7. The third kappa shape index (κ3) is 2.62. The molecule has 19 heavy (non-hydrogen) atoms. The highest BCUT2D eigenvalue weighted by molar-refractivity contribution is 5.36. The monoisotopic (exact) mass is 253 g/mol. The number of aromatic nitrogens is 1. The van der Waals surface area contributed by atoms with Gasteiger partial charge in [0.1, 0.15) is 0 Å². The number of nitrogens with zero attached hydrogens (tertiary/aromatic N) is 1. The third-order valence-corrected chi connectivity index (χ3v) is 4.07. The first-order chi connectivity index (χ1) is 9.34. The van der Waals surface area contributed by atoms with E-state index in [0.29, 0.717) is 0 Å². The number of rotatable bonds is 2. The molecule has 2 nitrogen and oxygen atoms in total. The summed E-state index contributed by atoms with van der Waals surface area (Å²) in [5, 5.41) is 0. The maximum atomic E-state index is 11.8. The fraction of sp³-hybridized carbons (Fsp3) is 0.353. The molecule has 98 valence electrons. The molecule has 0 bridgehead atoms. The highest BCUT2D eigenvalue weighted by atomic mass is 16.1. The van der Waals surface area contributed by atoms with Crippen molar-refractivity contribution in [2.75, 3.05) is 0 Å². The quantitative estimate of drug-likeness (QED) is 0.796. The van der Waals surface area contributed by atoms with Crippen molar-refractivity contribution in [3.05, 3.63) is 64.6 Å². The van der Waals surface area contributed by atoms with Crippen molar-refractivity contribution >= 4 is 0 Å². The minimum absolute atomic E-state index is 0.0212. The van der Waals surface area contributed by atoms with E-state index in [-0.39, 0.29) is 5.56 Å². The lowest BCUT2D eigenvalue weighted by atomic mass is 9.84. The van der Waals surface area contributed by atoms with Crippen LogP contribution in [-0.4, -0.2) is 4.57 Å². The average molecular weight is 253 g/mol. The summed E-state index contributed by atoms with van der Waals surface area (Å²) in [6.07, 6.45) is 8.52. The molecule has 0 N–H and O–H groups in total. The van der Waals surface area contributed by atoms with Gasteiger partial charge in [0.05, 0.1) is 0 Å². The molecule has 1 saturated carbocycles. The summed E-state index contributed by atoms with van der Waals surface area (Å²) >= 11 is 0. The molecule has 2 heteroatoms. The molecule has 1 aromatic carbocycles. The molecule has 0 unspecified atom stereocenters. The van der Waals surface area contributed by atoms with Gasteiger partial charge in [-0.25, -0.2) is 0 Å². The Hall–Kier alpha value is -1.83. The van der Waals surface area contributed by atoms with E-state index in [1.165, 1.54) is 37.7 Å².